The van der Waals surface area contributed by atoms with E-state index < -0.39 is 5.60 Å². The highest BCUT2D eigenvalue weighted by molar-refractivity contribution is 9.10. The first-order valence-corrected chi connectivity index (χ1v) is 5.17. The Morgan fingerprint density at radius 2 is 2.36 bits per heavy atom. The summed E-state index contributed by atoms with van der Waals surface area (Å²) < 4.78 is 11.0. The van der Waals surface area contributed by atoms with Crippen LogP contribution in [-0.4, -0.2) is 18.5 Å². The van der Waals surface area contributed by atoms with Crippen LogP contribution >= 0.6 is 15.9 Å². The number of Topliss-reactive ketones (excluding diaryl/α,β-unsaturated/α-hetero) is 1. The molecule has 0 saturated carbocycles. The van der Waals surface area contributed by atoms with Crippen LogP contribution < -0.4 is 0 Å². The van der Waals surface area contributed by atoms with E-state index in [9.17, 15) is 4.79 Å². The molecule has 14 heavy (non-hydrogen) atoms. The molecule has 1 atom stereocenters. The second kappa shape index (κ2) is 4.28. The first-order valence-electron chi connectivity index (χ1n) is 4.38. The van der Waals surface area contributed by atoms with Gasteiger partial charge < -0.3 is 9.15 Å². The second-order valence-corrected chi connectivity index (χ2v) is 4.07. The Morgan fingerprint density at radius 1 is 1.71 bits per heavy atom. The van der Waals surface area contributed by atoms with Crippen LogP contribution in [0, 0.1) is 0 Å². The van der Waals surface area contributed by atoms with E-state index in [1.807, 2.05) is 6.92 Å². The molecule has 1 aromatic heterocycles. The van der Waals surface area contributed by atoms with Gasteiger partial charge in [-0.15, -0.1) is 0 Å². The average Bonchev–Trinajstić information content (AvgIpc) is 2.62. The van der Waals surface area contributed by atoms with Crippen LogP contribution in [0.25, 0.3) is 0 Å². The highest BCUT2D eigenvalue weighted by Gasteiger charge is 2.34. The van der Waals surface area contributed by atoms with Gasteiger partial charge in [0.25, 0.3) is 0 Å². The van der Waals surface area contributed by atoms with Crippen molar-refractivity contribution in [1.82, 2.24) is 0 Å². The van der Waals surface area contributed by atoms with Gasteiger partial charge in [0.1, 0.15) is 5.60 Å². The van der Waals surface area contributed by atoms with Crippen molar-refractivity contribution in [1.29, 1.82) is 0 Å². The lowest BCUT2D eigenvalue weighted by atomic mass is 9.96. The van der Waals surface area contributed by atoms with E-state index >= 15 is 0 Å². The van der Waals surface area contributed by atoms with Crippen molar-refractivity contribution >= 4 is 21.7 Å². The molecular weight excluding hydrogens is 248 g/mol. The maximum Gasteiger partial charge on any atom is 0.230 e. The molecule has 0 bridgehead atoms. The van der Waals surface area contributed by atoms with E-state index in [4.69, 9.17) is 9.15 Å². The molecule has 1 heterocycles. The van der Waals surface area contributed by atoms with Crippen LogP contribution in [0.3, 0.4) is 0 Å². The molecule has 3 nitrogen and oxygen atoms in total. The first kappa shape index (κ1) is 11.5. The minimum absolute atomic E-state index is 0.139. The predicted molar refractivity (Wildman–Crippen MR) is 56.4 cm³/mol. The van der Waals surface area contributed by atoms with E-state index in [-0.39, 0.29) is 5.78 Å². The van der Waals surface area contributed by atoms with E-state index in [0.29, 0.717) is 16.7 Å². The van der Waals surface area contributed by atoms with Crippen molar-refractivity contribution in [3.8, 4) is 0 Å². The molecule has 0 radical (unpaired) electrons. The Bertz CT molecular complexity index is 326. The molecule has 0 fully saturated rings. The molecule has 0 spiro atoms. The lowest BCUT2D eigenvalue weighted by Gasteiger charge is -2.23. The lowest BCUT2D eigenvalue weighted by molar-refractivity contribution is 0.00831. The molecular formula is C10H13BrO3. The molecule has 78 valence electrons. The summed E-state index contributed by atoms with van der Waals surface area (Å²) in [6.45, 7) is 3.66. The largest absolute Gasteiger partial charge is 0.460 e. The third kappa shape index (κ3) is 1.91. The number of halogens is 1. The lowest BCUT2D eigenvalue weighted by Crippen LogP contribution is -2.36. The summed E-state index contributed by atoms with van der Waals surface area (Å²) in [6, 6.07) is 1.69. The van der Waals surface area contributed by atoms with Crippen molar-refractivity contribution in [3.05, 3.63) is 22.6 Å². The van der Waals surface area contributed by atoms with Gasteiger partial charge in [-0.25, -0.2) is 0 Å². The van der Waals surface area contributed by atoms with Crippen LogP contribution in [0.1, 0.15) is 30.8 Å². The zero-order valence-corrected chi connectivity index (χ0v) is 10.1. The van der Waals surface area contributed by atoms with Gasteiger partial charge in [-0.3, -0.25) is 4.79 Å². The monoisotopic (exact) mass is 260 g/mol. The summed E-state index contributed by atoms with van der Waals surface area (Å²) in [4.78, 5) is 12.0. The number of methoxy groups -OCH3 is 1. The number of hydrogen-bond acceptors (Lipinski definition) is 3. The van der Waals surface area contributed by atoms with Gasteiger partial charge in [-0.2, -0.15) is 0 Å². The van der Waals surface area contributed by atoms with Crippen molar-refractivity contribution < 1.29 is 13.9 Å². The molecule has 4 heteroatoms. The van der Waals surface area contributed by atoms with Gasteiger partial charge in [0.15, 0.2) is 5.76 Å². The van der Waals surface area contributed by atoms with Crippen LogP contribution in [-0.2, 0) is 4.74 Å². The van der Waals surface area contributed by atoms with Crippen molar-refractivity contribution in [2.24, 2.45) is 0 Å². The van der Waals surface area contributed by atoms with Gasteiger partial charge in [0.05, 0.1) is 10.7 Å². The summed E-state index contributed by atoms with van der Waals surface area (Å²) >= 11 is 3.25. The average molecular weight is 261 g/mol. The number of hydrogen-bond donors (Lipinski definition) is 0. The number of ether oxygens (including phenoxy) is 1. The molecule has 0 aliphatic carbocycles. The summed E-state index contributed by atoms with van der Waals surface area (Å²) in [6.07, 6.45) is 2.08. The van der Waals surface area contributed by atoms with Crippen LogP contribution in [0.15, 0.2) is 21.2 Å². The fourth-order valence-electron chi connectivity index (χ4n) is 1.09. The Hall–Kier alpha value is -0.610. The van der Waals surface area contributed by atoms with Gasteiger partial charge in [-0.1, -0.05) is 6.92 Å². The van der Waals surface area contributed by atoms with Crippen molar-refractivity contribution in [2.75, 3.05) is 7.11 Å². The van der Waals surface area contributed by atoms with Crippen LogP contribution in [0.4, 0.5) is 0 Å². The molecule has 0 aliphatic rings. The zero-order valence-electron chi connectivity index (χ0n) is 8.46. The standard InChI is InChI=1S/C10H13BrO3/c1-4-10(2,13-3)9(12)8-7(11)5-6-14-8/h5-6H,4H2,1-3H3. The van der Waals surface area contributed by atoms with E-state index in [0.717, 1.165) is 0 Å². The van der Waals surface area contributed by atoms with Crippen LogP contribution in [0.2, 0.25) is 0 Å². The van der Waals surface area contributed by atoms with E-state index in [2.05, 4.69) is 15.9 Å². The number of carbonyl (C=O) groups excluding carboxylic acids is 1. The normalized spacial score (nSPS) is 15.1. The molecule has 0 saturated heterocycles. The Labute approximate surface area is 91.6 Å². The Kier molecular flexibility index (Phi) is 3.50. The number of rotatable bonds is 4. The van der Waals surface area contributed by atoms with Gasteiger partial charge in [0.2, 0.25) is 5.78 Å². The van der Waals surface area contributed by atoms with Crippen molar-refractivity contribution in [3.63, 3.8) is 0 Å². The summed E-state index contributed by atoms with van der Waals surface area (Å²) in [5.74, 6) is 0.176. The summed E-state index contributed by atoms with van der Waals surface area (Å²) in [5.41, 5.74) is -0.805. The fraction of sp³-hybridized carbons (Fsp3) is 0.500. The molecule has 0 aliphatic heterocycles. The third-order valence-electron chi connectivity index (χ3n) is 2.43. The first-order chi connectivity index (χ1) is 6.55. The molecule has 0 aromatic carbocycles. The maximum absolute atomic E-state index is 12.0. The second-order valence-electron chi connectivity index (χ2n) is 3.22. The molecule has 1 rings (SSSR count). The van der Waals surface area contributed by atoms with Crippen molar-refractivity contribution in [2.45, 2.75) is 25.9 Å². The third-order valence-corrected chi connectivity index (χ3v) is 3.05. The topological polar surface area (TPSA) is 39.4 Å². The predicted octanol–water partition coefficient (Wildman–Crippen LogP) is 3.04. The fourth-order valence-corrected chi connectivity index (χ4v) is 1.47. The summed E-state index contributed by atoms with van der Waals surface area (Å²) in [5, 5.41) is 0. The Balaban J connectivity index is 3.01. The summed E-state index contributed by atoms with van der Waals surface area (Å²) in [7, 11) is 1.53. The number of ketones is 1. The zero-order chi connectivity index (χ0) is 10.8. The smallest absolute Gasteiger partial charge is 0.230 e. The van der Waals surface area contributed by atoms with Gasteiger partial charge in [0, 0.05) is 7.11 Å². The molecule has 1 aromatic rings. The molecule has 0 amide bonds. The quantitative estimate of drug-likeness (QED) is 0.782. The van der Waals surface area contributed by atoms with E-state index in [1.165, 1.54) is 13.4 Å². The molecule has 0 N–H and O–H groups in total. The minimum Gasteiger partial charge on any atom is -0.460 e. The van der Waals surface area contributed by atoms with Gasteiger partial charge >= 0.3 is 0 Å². The van der Waals surface area contributed by atoms with Gasteiger partial charge in [-0.05, 0) is 35.3 Å². The minimum atomic E-state index is -0.805. The number of carbonyl (C=O) groups is 1. The molecule has 1 unspecified atom stereocenters. The Morgan fingerprint density at radius 3 is 2.71 bits per heavy atom. The van der Waals surface area contributed by atoms with E-state index in [1.54, 1.807) is 13.0 Å². The van der Waals surface area contributed by atoms with Crippen LogP contribution in [0.5, 0.6) is 0 Å². The maximum atomic E-state index is 12.0. The number of furan rings is 1. The highest BCUT2D eigenvalue weighted by atomic mass is 79.9. The highest BCUT2D eigenvalue weighted by Crippen LogP contribution is 2.26. The SMILES string of the molecule is CCC(C)(OC)C(=O)c1occc1Br.